The van der Waals surface area contributed by atoms with Crippen molar-refractivity contribution < 1.29 is 9.47 Å². The smallest absolute Gasteiger partial charge is 0.165 e. The third-order valence-electron chi connectivity index (χ3n) is 2.75. The first-order valence-corrected chi connectivity index (χ1v) is 6.82. The van der Waals surface area contributed by atoms with E-state index in [9.17, 15) is 0 Å². The van der Waals surface area contributed by atoms with E-state index in [1.54, 1.807) is 7.11 Å². The third kappa shape index (κ3) is 4.57. The summed E-state index contributed by atoms with van der Waals surface area (Å²) in [5, 5.41) is 3.44. The van der Waals surface area contributed by atoms with Gasteiger partial charge in [-0.15, -0.1) is 0 Å². The molecule has 0 aliphatic rings. The van der Waals surface area contributed by atoms with Gasteiger partial charge in [-0.25, -0.2) is 0 Å². The Morgan fingerprint density at radius 3 is 2.67 bits per heavy atom. The van der Waals surface area contributed by atoms with Crippen LogP contribution in [0, 0.1) is 0 Å². The lowest BCUT2D eigenvalue weighted by Crippen LogP contribution is -2.15. The van der Waals surface area contributed by atoms with Crippen LogP contribution in [-0.2, 0) is 6.54 Å². The Morgan fingerprint density at radius 2 is 2.00 bits per heavy atom. The van der Waals surface area contributed by atoms with E-state index in [-0.39, 0.29) is 0 Å². The molecular formula is C15H25NO2. The third-order valence-corrected chi connectivity index (χ3v) is 2.75. The highest BCUT2D eigenvalue weighted by molar-refractivity contribution is 5.46. The predicted molar refractivity (Wildman–Crippen MR) is 75.4 cm³/mol. The lowest BCUT2D eigenvalue weighted by molar-refractivity contribution is 0.290. The Hall–Kier alpha value is -1.22. The van der Waals surface area contributed by atoms with Crippen molar-refractivity contribution in [3.63, 3.8) is 0 Å². The van der Waals surface area contributed by atoms with E-state index in [1.165, 1.54) is 18.4 Å². The first-order chi connectivity index (χ1) is 8.83. The minimum absolute atomic E-state index is 0.725. The van der Waals surface area contributed by atoms with Gasteiger partial charge in [-0.3, -0.25) is 0 Å². The second-order valence-corrected chi connectivity index (χ2v) is 4.33. The average molecular weight is 251 g/mol. The van der Waals surface area contributed by atoms with E-state index >= 15 is 0 Å². The summed E-state index contributed by atoms with van der Waals surface area (Å²) in [5.41, 5.74) is 1.17. The van der Waals surface area contributed by atoms with Gasteiger partial charge in [-0.05, 0) is 25.5 Å². The summed E-state index contributed by atoms with van der Waals surface area (Å²) in [6, 6.07) is 6.04. The van der Waals surface area contributed by atoms with E-state index in [0.717, 1.165) is 37.6 Å². The van der Waals surface area contributed by atoms with Gasteiger partial charge in [0.1, 0.15) is 0 Å². The van der Waals surface area contributed by atoms with Gasteiger partial charge < -0.3 is 14.8 Å². The number of hydrogen-bond acceptors (Lipinski definition) is 3. The monoisotopic (exact) mass is 251 g/mol. The molecule has 0 heterocycles. The molecule has 18 heavy (non-hydrogen) atoms. The molecule has 0 aromatic heterocycles. The average Bonchev–Trinajstić information content (AvgIpc) is 2.41. The zero-order chi connectivity index (χ0) is 13.2. The molecule has 102 valence electrons. The number of methoxy groups -OCH3 is 1. The molecule has 0 saturated carbocycles. The van der Waals surface area contributed by atoms with Crippen molar-refractivity contribution in [2.24, 2.45) is 0 Å². The van der Waals surface area contributed by atoms with Crippen LogP contribution < -0.4 is 14.8 Å². The number of benzene rings is 1. The number of nitrogens with one attached hydrogen (secondary N) is 1. The largest absolute Gasteiger partial charge is 0.493 e. The summed E-state index contributed by atoms with van der Waals surface area (Å²) in [7, 11) is 1.68. The van der Waals surface area contributed by atoms with E-state index in [0.29, 0.717) is 0 Å². The van der Waals surface area contributed by atoms with Crippen LogP contribution in [0.1, 0.15) is 38.7 Å². The molecule has 1 N–H and O–H groups in total. The maximum Gasteiger partial charge on any atom is 0.165 e. The maximum absolute atomic E-state index is 5.80. The molecule has 0 bridgehead atoms. The molecule has 0 radical (unpaired) electrons. The lowest BCUT2D eigenvalue weighted by atomic mass is 10.1. The summed E-state index contributed by atoms with van der Waals surface area (Å²) >= 11 is 0. The van der Waals surface area contributed by atoms with Gasteiger partial charge in [0.25, 0.3) is 0 Å². The summed E-state index contributed by atoms with van der Waals surface area (Å²) in [6.07, 6.45) is 3.42. The van der Waals surface area contributed by atoms with Crippen LogP contribution in [0.3, 0.4) is 0 Å². The predicted octanol–water partition coefficient (Wildman–Crippen LogP) is 3.37. The van der Waals surface area contributed by atoms with Gasteiger partial charge in [0.05, 0.1) is 13.7 Å². The molecule has 1 rings (SSSR count). The van der Waals surface area contributed by atoms with E-state index < -0.39 is 0 Å². The number of unbranched alkanes of at least 4 members (excludes halogenated alkanes) is 1. The number of rotatable bonds is 9. The molecular weight excluding hydrogens is 226 g/mol. The van der Waals surface area contributed by atoms with Crippen LogP contribution in [-0.4, -0.2) is 20.3 Å². The van der Waals surface area contributed by atoms with Crippen molar-refractivity contribution in [3.05, 3.63) is 23.8 Å². The van der Waals surface area contributed by atoms with Gasteiger partial charge in [0.2, 0.25) is 0 Å². The summed E-state index contributed by atoms with van der Waals surface area (Å²) < 4.78 is 11.2. The molecule has 3 nitrogen and oxygen atoms in total. The SMILES string of the molecule is CCCCNCc1cccc(OC)c1OCCC. The van der Waals surface area contributed by atoms with Crippen LogP contribution in [0.4, 0.5) is 0 Å². The summed E-state index contributed by atoms with van der Waals surface area (Å²) in [5.74, 6) is 1.70. The highest BCUT2D eigenvalue weighted by Crippen LogP contribution is 2.31. The van der Waals surface area contributed by atoms with Gasteiger partial charge in [-0.2, -0.15) is 0 Å². The normalized spacial score (nSPS) is 10.4. The number of para-hydroxylation sites is 1. The summed E-state index contributed by atoms with van der Waals surface area (Å²) in [4.78, 5) is 0. The second kappa shape index (κ2) is 8.81. The highest BCUT2D eigenvalue weighted by atomic mass is 16.5. The molecule has 0 saturated heterocycles. The quantitative estimate of drug-likeness (QED) is 0.683. The van der Waals surface area contributed by atoms with Crippen LogP contribution in [0.5, 0.6) is 11.5 Å². The second-order valence-electron chi connectivity index (χ2n) is 4.33. The molecule has 0 amide bonds. The Labute approximate surface area is 110 Å². The van der Waals surface area contributed by atoms with Gasteiger partial charge >= 0.3 is 0 Å². The Morgan fingerprint density at radius 1 is 1.17 bits per heavy atom. The Bertz CT molecular complexity index is 339. The van der Waals surface area contributed by atoms with Gasteiger partial charge in [0.15, 0.2) is 11.5 Å². The molecule has 0 unspecified atom stereocenters. The van der Waals surface area contributed by atoms with Crippen molar-refractivity contribution in [3.8, 4) is 11.5 Å². The van der Waals surface area contributed by atoms with Crippen LogP contribution in [0.15, 0.2) is 18.2 Å². The maximum atomic E-state index is 5.80. The van der Waals surface area contributed by atoms with Crippen LogP contribution in [0.25, 0.3) is 0 Å². The zero-order valence-corrected chi connectivity index (χ0v) is 11.8. The van der Waals surface area contributed by atoms with Crippen molar-refractivity contribution in [2.45, 2.75) is 39.7 Å². The number of hydrogen-bond donors (Lipinski definition) is 1. The fraction of sp³-hybridized carbons (Fsp3) is 0.600. The Balaban J connectivity index is 2.68. The first-order valence-electron chi connectivity index (χ1n) is 6.82. The van der Waals surface area contributed by atoms with Crippen LogP contribution in [0.2, 0.25) is 0 Å². The Kier molecular flexibility index (Phi) is 7.26. The minimum Gasteiger partial charge on any atom is -0.493 e. The molecule has 0 aliphatic heterocycles. The fourth-order valence-electron chi connectivity index (χ4n) is 1.75. The molecule has 1 aromatic rings. The van der Waals surface area contributed by atoms with Crippen LogP contribution >= 0.6 is 0 Å². The van der Waals surface area contributed by atoms with Gasteiger partial charge in [-0.1, -0.05) is 32.4 Å². The van der Waals surface area contributed by atoms with Crippen molar-refractivity contribution in [1.29, 1.82) is 0 Å². The van der Waals surface area contributed by atoms with E-state index in [1.807, 2.05) is 12.1 Å². The zero-order valence-electron chi connectivity index (χ0n) is 11.8. The lowest BCUT2D eigenvalue weighted by Gasteiger charge is -2.15. The van der Waals surface area contributed by atoms with E-state index in [4.69, 9.17) is 9.47 Å². The molecule has 0 atom stereocenters. The highest BCUT2D eigenvalue weighted by Gasteiger charge is 2.09. The van der Waals surface area contributed by atoms with Gasteiger partial charge in [0, 0.05) is 12.1 Å². The molecule has 0 fully saturated rings. The molecule has 1 aromatic carbocycles. The van der Waals surface area contributed by atoms with E-state index in [2.05, 4.69) is 25.2 Å². The molecule has 3 heteroatoms. The molecule has 0 aliphatic carbocycles. The van der Waals surface area contributed by atoms with Crippen molar-refractivity contribution in [2.75, 3.05) is 20.3 Å². The molecule has 0 spiro atoms. The van der Waals surface area contributed by atoms with Crippen molar-refractivity contribution in [1.82, 2.24) is 5.32 Å². The van der Waals surface area contributed by atoms with Crippen molar-refractivity contribution >= 4 is 0 Å². The topological polar surface area (TPSA) is 30.5 Å². The number of ether oxygens (including phenoxy) is 2. The first kappa shape index (κ1) is 14.8. The fourth-order valence-corrected chi connectivity index (χ4v) is 1.75. The standard InChI is InChI=1S/C15H25NO2/c1-4-6-10-16-12-13-8-7-9-14(17-3)15(13)18-11-5-2/h7-9,16H,4-6,10-12H2,1-3H3. The minimum atomic E-state index is 0.725. The summed E-state index contributed by atoms with van der Waals surface area (Å²) in [6.45, 7) is 6.90.